The zero-order chi connectivity index (χ0) is 19.2. The summed E-state index contributed by atoms with van der Waals surface area (Å²) in [6, 6.07) is 7.19. The van der Waals surface area contributed by atoms with Gasteiger partial charge < -0.3 is 15.5 Å². The SMILES string of the molecule is CCCCNc1nnc(SCC(=O)N2c3ccccc3NC(=O)CC2C)s1. The van der Waals surface area contributed by atoms with Crippen molar-refractivity contribution in [2.75, 3.05) is 27.8 Å². The number of unbranched alkanes of at least 4 members (excludes halogenated alkanes) is 1. The van der Waals surface area contributed by atoms with Gasteiger partial charge in [-0.05, 0) is 25.5 Å². The topological polar surface area (TPSA) is 87.2 Å². The van der Waals surface area contributed by atoms with Gasteiger partial charge in [0.15, 0.2) is 4.34 Å². The molecular formula is C18H23N5O2S2. The molecule has 1 unspecified atom stereocenters. The van der Waals surface area contributed by atoms with Crippen LogP contribution in [-0.4, -0.2) is 40.4 Å². The lowest BCUT2D eigenvalue weighted by atomic mass is 10.2. The number of nitrogens with one attached hydrogen (secondary N) is 2. The van der Waals surface area contributed by atoms with E-state index in [-0.39, 0.29) is 30.0 Å². The molecule has 1 aromatic heterocycles. The molecule has 1 aromatic carbocycles. The van der Waals surface area contributed by atoms with Crippen LogP contribution in [0.1, 0.15) is 33.1 Å². The van der Waals surface area contributed by atoms with Gasteiger partial charge in [-0.2, -0.15) is 0 Å². The summed E-state index contributed by atoms with van der Waals surface area (Å²) in [5, 5.41) is 15.1. The third-order valence-electron chi connectivity index (χ3n) is 4.16. The summed E-state index contributed by atoms with van der Waals surface area (Å²) in [4.78, 5) is 26.7. The Morgan fingerprint density at radius 2 is 2.22 bits per heavy atom. The molecule has 3 rings (SSSR count). The summed E-state index contributed by atoms with van der Waals surface area (Å²) in [5.74, 6) is 0.119. The largest absolute Gasteiger partial charge is 0.360 e. The van der Waals surface area contributed by atoms with Crippen molar-refractivity contribution in [1.82, 2.24) is 10.2 Å². The molecule has 27 heavy (non-hydrogen) atoms. The highest BCUT2D eigenvalue weighted by Gasteiger charge is 2.29. The molecule has 1 aliphatic rings. The molecule has 0 saturated heterocycles. The molecule has 0 fully saturated rings. The van der Waals surface area contributed by atoms with Crippen LogP contribution in [0.25, 0.3) is 0 Å². The first-order valence-electron chi connectivity index (χ1n) is 8.99. The molecule has 1 aliphatic heterocycles. The number of aromatic nitrogens is 2. The van der Waals surface area contributed by atoms with Crippen molar-refractivity contribution < 1.29 is 9.59 Å². The van der Waals surface area contributed by atoms with E-state index in [9.17, 15) is 9.59 Å². The second-order valence-electron chi connectivity index (χ2n) is 6.32. The van der Waals surface area contributed by atoms with Crippen molar-refractivity contribution in [3.05, 3.63) is 24.3 Å². The van der Waals surface area contributed by atoms with E-state index in [0.29, 0.717) is 5.69 Å². The Balaban J connectivity index is 1.66. The lowest BCUT2D eigenvalue weighted by molar-refractivity contribution is -0.117. The summed E-state index contributed by atoms with van der Waals surface area (Å²) in [7, 11) is 0. The molecule has 0 saturated carbocycles. The predicted octanol–water partition coefficient (Wildman–Crippen LogP) is 3.61. The Morgan fingerprint density at radius 3 is 3.04 bits per heavy atom. The number of fused-ring (bicyclic) bond motifs is 1. The summed E-state index contributed by atoms with van der Waals surface area (Å²) in [6.07, 6.45) is 2.48. The predicted molar refractivity (Wildman–Crippen MR) is 111 cm³/mol. The van der Waals surface area contributed by atoms with Gasteiger partial charge in [-0.15, -0.1) is 10.2 Å². The maximum absolute atomic E-state index is 12.9. The van der Waals surface area contributed by atoms with Crippen LogP contribution in [0.2, 0.25) is 0 Å². The Bertz CT molecular complexity index is 811. The third kappa shape index (κ3) is 4.98. The zero-order valence-electron chi connectivity index (χ0n) is 15.4. The molecule has 2 heterocycles. The molecule has 0 radical (unpaired) electrons. The highest BCUT2D eigenvalue weighted by Crippen LogP contribution is 2.33. The van der Waals surface area contributed by atoms with Gasteiger partial charge in [0.05, 0.1) is 17.1 Å². The normalized spacial score (nSPS) is 16.4. The number of rotatable bonds is 7. The highest BCUT2D eigenvalue weighted by atomic mass is 32.2. The Kier molecular flexibility index (Phi) is 6.68. The van der Waals surface area contributed by atoms with Crippen LogP contribution in [0.3, 0.4) is 0 Å². The van der Waals surface area contributed by atoms with Gasteiger partial charge in [0.1, 0.15) is 0 Å². The molecule has 0 aliphatic carbocycles. The van der Waals surface area contributed by atoms with Crippen molar-refractivity contribution in [1.29, 1.82) is 0 Å². The molecule has 9 heteroatoms. The molecular weight excluding hydrogens is 382 g/mol. The van der Waals surface area contributed by atoms with Crippen molar-refractivity contribution >= 4 is 51.4 Å². The number of hydrogen-bond acceptors (Lipinski definition) is 7. The van der Waals surface area contributed by atoms with E-state index in [1.54, 1.807) is 4.90 Å². The first-order valence-corrected chi connectivity index (χ1v) is 10.8. The average Bonchev–Trinajstić information content (AvgIpc) is 3.04. The monoisotopic (exact) mass is 405 g/mol. The maximum atomic E-state index is 12.9. The molecule has 0 bridgehead atoms. The van der Waals surface area contributed by atoms with Crippen LogP contribution in [0.4, 0.5) is 16.5 Å². The van der Waals surface area contributed by atoms with Gasteiger partial charge in [0.2, 0.25) is 16.9 Å². The average molecular weight is 406 g/mol. The maximum Gasteiger partial charge on any atom is 0.237 e. The van der Waals surface area contributed by atoms with Crippen LogP contribution >= 0.6 is 23.1 Å². The number of anilines is 3. The third-order valence-corrected chi connectivity index (χ3v) is 6.16. The van der Waals surface area contributed by atoms with E-state index in [2.05, 4.69) is 27.8 Å². The van der Waals surface area contributed by atoms with Crippen molar-refractivity contribution in [2.45, 2.75) is 43.5 Å². The summed E-state index contributed by atoms with van der Waals surface area (Å²) < 4.78 is 0.757. The van der Waals surface area contributed by atoms with E-state index >= 15 is 0 Å². The number of para-hydroxylation sites is 2. The first-order chi connectivity index (χ1) is 13.1. The molecule has 2 amide bonds. The van der Waals surface area contributed by atoms with E-state index in [1.807, 2.05) is 31.2 Å². The minimum absolute atomic E-state index is 0.0489. The minimum atomic E-state index is -0.206. The molecule has 1 atom stereocenters. The van der Waals surface area contributed by atoms with Gasteiger partial charge in [-0.3, -0.25) is 9.59 Å². The van der Waals surface area contributed by atoms with Crippen LogP contribution in [0.15, 0.2) is 28.6 Å². The van der Waals surface area contributed by atoms with E-state index in [0.717, 1.165) is 34.5 Å². The van der Waals surface area contributed by atoms with Gasteiger partial charge in [0.25, 0.3) is 0 Å². The van der Waals surface area contributed by atoms with Crippen LogP contribution in [0, 0.1) is 0 Å². The zero-order valence-corrected chi connectivity index (χ0v) is 17.0. The smallest absolute Gasteiger partial charge is 0.237 e. The number of amides is 2. The van der Waals surface area contributed by atoms with E-state index in [4.69, 9.17) is 0 Å². The number of hydrogen-bond donors (Lipinski definition) is 2. The molecule has 7 nitrogen and oxygen atoms in total. The summed E-state index contributed by atoms with van der Waals surface area (Å²) >= 11 is 2.83. The van der Waals surface area contributed by atoms with E-state index < -0.39 is 0 Å². The molecule has 0 spiro atoms. The van der Waals surface area contributed by atoms with Crippen LogP contribution in [0.5, 0.6) is 0 Å². The second kappa shape index (κ2) is 9.18. The molecule has 2 aromatic rings. The Hall–Kier alpha value is -2.13. The number of carbonyl (C=O) groups is 2. The fourth-order valence-corrected chi connectivity index (χ4v) is 4.51. The second-order valence-corrected chi connectivity index (χ2v) is 8.52. The number of carbonyl (C=O) groups excluding carboxylic acids is 2. The fraction of sp³-hybridized carbons (Fsp3) is 0.444. The molecule has 2 N–H and O–H groups in total. The van der Waals surface area contributed by atoms with Crippen molar-refractivity contribution in [3.63, 3.8) is 0 Å². The number of thioether (sulfide) groups is 1. The Morgan fingerprint density at radius 1 is 1.41 bits per heavy atom. The quantitative estimate of drug-likeness (QED) is 0.541. The molecule has 144 valence electrons. The lowest BCUT2D eigenvalue weighted by Crippen LogP contribution is -2.40. The van der Waals surface area contributed by atoms with Crippen molar-refractivity contribution in [2.24, 2.45) is 0 Å². The minimum Gasteiger partial charge on any atom is -0.360 e. The first kappa shape index (κ1) is 19.6. The summed E-state index contributed by atoms with van der Waals surface area (Å²) in [6.45, 7) is 4.91. The van der Waals surface area contributed by atoms with Gasteiger partial charge >= 0.3 is 0 Å². The van der Waals surface area contributed by atoms with Crippen LogP contribution < -0.4 is 15.5 Å². The van der Waals surface area contributed by atoms with Crippen LogP contribution in [-0.2, 0) is 9.59 Å². The Labute approximate surface area is 166 Å². The highest BCUT2D eigenvalue weighted by molar-refractivity contribution is 8.01. The van der Waals surface area contributed by atoms with Gasteiger partial charge in [0, 0.05) is 19.0 Å². The lowest BCUT2D eigenvalue weighted by Gasteiger charge is -2.27. The van der Waals surface area contributed by atoms with E-state index in [1.165, 1.54) is 23.1 Å². The van der Waals surface area contributed by atoms with Gasteiger partial charge in [-0.25, -0.2) is 0 Å². The summed E-state index contributed by atoms with van der Waals surface area (Å²) in [5.41, 5.74) is 1.41. The fourth-order valence-electron chi connectivity index (χ4n) is 2.87. The van der Waals surface area contributed by atoms with Crippen molar-refractivity contribution in [3.8, 4) is 0 Å². The van der Waals surface area contributed by atoms with Gasteiger partial charge in [-0.1, -0.05) is 48.6 Å². The number of benzene rings is 1. The number of nitrogens with zero attached hydrogens (tertiary/aromatic N) is 3. The standard InChI is InChI=1S/C18H23N5O2S2/c1-3-4-9-19-17-21-22-18(27-17)26-11-16(25)23-12(2)10-15(24)20-13-7-5-6-8-14(13)23/h5-8,12H,3-4,9-11H2,1-2H3,(H,19,21)(H,20,24).